The molecule has 1 aromatic heterocycles. The molecule has 10 heteroatoms. The molecule has 0 unspecified atom stereocenters. The summed E-state index contributed by atoms with van der Waals surface area (Å²) in [5.74, 6) is -2.83. The molecule has 0 bridgehead atoms. The highest BCUT2D eigenvalue weighted by Crippen LogP contribution is 2.34. The highest BCUT2D eigenvalue weighted by atomic mass is 19.1. The summed E-state index contributed by atoms with van der Waals surface area (Å²) < 4.78 is 21.1. The topological polar surface area (TPSA) is 121 Å². The number of rotatable bonds is 11. The normalized spacial score (nSPS) is 16.3. The van der Waals surface area contributed by atoms with Gasteiger partial charge in [0.25, 0.3) is 5.91 Å². The molecule has 2 amide bonds. The van der Waals surface area contributed by atoms with Crippen molar-refractivity contribution in [1.82, 2.24) is 20.5 Å². The zero-order valence-corrected chi connectivity index (χ0v) is 28.1. The van der Waals surface area contributed by atoms with E-state index in [-0.39, 0.29) is 17.2 Å². The van der Waals surface area contributed by atoms with E-state index < -0.39 is 42.1 Å². The molecule has 5 rings (SSSR count). The van der Waals surface area contributed by atoms with Gasteiger partial charge in [-0.2, -0.15) is 0 Å². The lowest BCUT2D eigenvalue weighted by Crippen LogP contribution is -2.51. The SMILES string of the molecule is Cc1cc(C)c(-c2cc(C)c(F)c([C@H](CC(=O)O)NC(=O)[C@H](CC(C)C)NC(=O)c3ccc4c(n3)CN(C3COC3)CC4)c2)c(C)c1. The molecular formula is C37H45FN4O5. The maximum absolute atomic E-state index is 15.8. The highest BCUT2D eigenvalue weighted by Gasteiger charge is 2.31. The predicted molar refractivity (Wildman–Crippen MR) is 178 cm³/mol. The second-order valence-electron chi connectivity index (χ2n) is 13.5. The van der Waals surface area contributed by atoms with E-state index in [2.05, 4.69) is 20.5 Å². The average Bonchev–Trinajstić information content (AvgIpc) is 2.95. The molecule has 3 aromatic rings. The van der Waals surface area contributed by atoms with E-state index in [4.69, 9.17) is 4.74 Å². The van der Waals surface area contributed by atoms with Gasteiger partial charge in [-0.15, -0.1) is 0 Å². The van der Waals surface area contributed by atoms with Gasteiger partial charge < -0.3 is 20.5 Å². The summed E-state index contributed by atoms with van der Waals surface area (Å²) in [7, 11) is 0. The first-order chi connectivity index (χ1) is 22.3. The summed E-state index contributed by atoms with van der Waals surface area (Å²) in [6.45, 7) is 14.4. The molecule has 2 aromatic carbocycles. The van der Waals surface area contributed by atoms with E-state index in [0.717, 1.165) is 52.0 Å². The zero-order chi connectivity index (χ0) is 34.0. The third-order valence-corrected chi connectivity index (χ3v) is 9.11. The number of carbonyl (C=O) groups is 3. The number of amides is 2. The van der Waals surface area contributed by atoms with Gasteiger partial charge in [0.15, 0.2) is 0 Å². The maximum atomic E-state index is 15.8. The number of halogens is 1. The number of ether oxygens (including phenoxy) is 1. The van der Waals surface area contributed by atoms with Gasteiger partial charge in [0.2, 0.25) is 5.91 Å². The van der Waals surface area contributed by atoms with Crippen molar-refractivity contribution in [2.24, 2.45) is 5.92 Å². The van der Waals surface area contributed by atoms with Gasteiger partial charge in [-0.25, -0.2) is 9.37 Å². The fourth-order valence-electron chi connectivity index (χ4n) is 6.75. The molecule has 1 fully saturated rings. The number of hydrogen-bond donors (Lipinski definition) is 3. The van der Waals surface area contributed by atoms with E-state index >= 15 is 4.39 Å². The minimum absolute atomic E-state index is 0.0218. The molecule has 2 aliphatic heterocycles. The number of benzene rings is 2. The zero-order valence-electron chi connectivity index (χ0n) is 28.1. The van der Waals surface area contributed by atoms with Crippen LogP contribution >= 0.6 is 0 Å². The van der Waals surface area contributed by atoms with Crippen LogP contribution < -0.4 is 10.6 Å². The smallest absolute Gasteiger partial charge is 0.305 e. The molecule has 0 saturated carbocycles. The van der Waals surface area contributed by atoms with Crippen LogP contribution in [-0.2, 0) is 27.3 Å². The van der Waals surface area contributed by atoms with E-state index in [9.17, 15) is 19.5 Å². The molecule has 2 aliphatic rings. The number of hydrogen-bond acceptors (Lipinski definition) is 6. The van der Waals surface area contributed by atoms with Gasteiger partial charge in [-0.1, -0.05) is 37.6 Å². The maximum Gasteiger partial charge on any atom is 0.305 e. The second kappa shape index (κ2) is 14.3. The van der Waals surface area contributed by atoms with Crippen molar-refractivity contribution in [3.63, 3.8) is 0 Å². The summed E-state index contributed by atoms with van der Waals surface area (Å²) >= 11 is 0. The van der Waals surface area contributed by atoms with Crippen molar-refractivity contribution >= 4 is 17.8 Å². The number of carboxylic acids is 1. The van der Waals surface area contributed by atoms with Gasteiger partial charge in [0, 0.05) is 18.7 Å². The van der Waals surface area contributed by atoms with Gasteiger partial charge >= 0.3 is 5.97 Å². The van der Waals surface area contributed by atoms with E-state index in [1.807, 2.05) is 52.8 Å². The van der Waals surface area contributed by atoms with E-state index in [0.29, 0.717) is 37.8 Å². The van der Waals surface area contributed by atoms with Crippen LogP contribution in [0.2, 0.25) is 0 Å². The second-order valence-corrected chi connectivity index (χ2v) is 13.5. The average molecular weight is 645 g/mol. The summed E-state index contributed by atoms with van der Waals surface area (Å²) in [6.07, 6.45) is 0.597. The molecule has 0 spiro atoms. The van der Waals surface area contributed by atoms with Gasteiger partial charge in [0.05, 0.1) is 37.4 Å². The van der Waals surface area contributed by atoms with Crippen molar-refractivity contribution in [2.75, 3.05) is 19.8 Å². The monoisotopic (exact) mass is 644 g/mol. The number of aliphatic carboxylic acids is 1. The summed E-state index contributed by atoms with van der Waals surface area (Å²) in [4.78, 5) is 46.3. The van der Waals surface area contributed by atoms with Crippen molar-refractivity contribution < 1.29 is 28.6 Å². The molecule has 47 heavy (non-hydrogen) atoms. The molecule has 9 nitrogen and oxygen atoms in total. The molecule has 250 valence electrons. The van der Waals surface area contributed by atoms with Crippen molar-refractivity contribution in [3.8, 4) is 11.1 Å². The Bertz CT molecular complexity index is 1660. The van der Waals surface area contributed by atoms with Crippen LogP contribution in [0.1, 0.15) is 82.3 Å². The van der Waals surface area contributed by atoms with Crippen molar-refractivity contribution in [1.29, 1.82) is 0 Å². The Balaban J connectivity index is 1.40. The van der Waals surface area contributed by atoms with E-state index in [1.165, 1.54) is 0 Å². The lowest BCUT2D eigenvalue weighted by Gasteiger charge is -2.39. The number of fused-ring (bicyclic) bond motifs is 1. The Hall–Kier alpha value is -4.15. The standard InChI is InChI=1S/C37H45FN4O5/c1-20(2)11-31(41-36(45)29-8-7-25-9-10-42(17-32(25)39-29)27-18-47-19-27)37(46)40-30(16-33(43)44)28-15-26(14-24(6)35(28)38)34-22(4)12-21(3)13-23(34)5/h7-8,12-15,20,27,30-31H,9-11,16-19H2,1-6H3,(H,40,46)(H,41,45)(H,43,44)/t30-,31-/m0/s1. The summed E-state index contributed by atoms with van der Waals surface area (Å²) in [5.41, 5.74) is 7.38. The van der Waals surface area contributed by atoms with Gasteiger partial charge in [-0.3, -0.25) is 19.3 Å². The number of aromatic nitrogens is 1. The van der Waals surface area contributed by atoms with Crippen LogP contribution in [0.15, 0.2) is 36.4 Å². The predicted octanol–water partition coefficient (Wildman–Crippen LogP) is 5.35. The minimum atomic E-state index is -1.19. The van der Waals surface area contributed by atoms with Crippen LogP contribution in [0.3, 0.4) is 0 Å². The fraction of sp³-hybridized carbons (Fsp3) is 0.459. The molecule has 1 saturated heterocycles. The quantitative estimate of drug-likeness (QED) is 0.257. The Morgan fingerprint density at radius 1 is 1.02 bits per heavy atom. The molecule has 2 atom stereocenters. The Kier molecular flexibility index (Phi) is 10.4. The van der Waals surface area contributed by atoms with Crippen molar-refractivity contribution in [2.45, 2.75) is 85.5 Å². The third kappa shape index (κ3) is 7.88. The van der Waals surface area contributed by atoms with Crippen LogP contribution in [0.25, 0.3) is 11.1 Å². The lowest BCUT2D eigenvalue weighted by molar-refractivity contribution is -0.137. The Labute approximate surface area is 275 Å². The number of aryl methyl sites for hydroxylation is 4. The largest absolute Gasteiger partial charge is 0.481 e. The molecule has 3 N–H and O–H groups in total. The summed E-state index contributed by atoms with van der Waals surface area (Å²) in [6, 6.07) is 9.27. The first-order valence-corrected chi connectivity index (χ1v) is 16.3. The van der Waals surface area contributed by atoms with E-state index in [1.54, 1.807) is 25.1 Å². The number of carbonyl (C=O) groups excluding carboxylic acids is 2. The molecule has 0 radical (unpaired) electrons. The minimum Gasteiger partial charge on any atom is -0.481 e. The fourth-order valence-corrected chi connectivity index (χ4v) is 6.75. The number of nitrogens with one attached hydrogen (secondary N) is 2. The molecule has 0 aliphatic carbocycles. The Morgan fingerprint density at radius 2 is 1.72 bits per heavy atom. The first-order valence-electron chi connectivity index (χ1n) is 16.3. The lowest BCUT2D eigenvalue weighted by atomic mass is 9.89. The summed E-state index contributed by atoms with van der Waals surface area (Å²) in [5, 5.41) is 15.4. The van der Waals surface area contributed by atoms with Crippen LogP contribution in [0, 0.1) is 39.4 Å². The van der Waals surface area contributed by atoms with Crippen molar-refractivity contribution in [3.05, 3.63) is 87.0 Å². The van der Waals surface area contributed by atoms with Gasteiger partial charge in [-0.05, 0) is 98.0 Å². The third-order valence-electron chi connectivity index (χ3n) is 9.11. The Morgan fingerprint density at radius 3 is 2.34 bits per heavy atom. The van der Waals surface area contributed by atoms with Crippen LogP contribution in [0.4, 0.5) is 4.39 Å². The first kappa shape index (κ1) is 34.2. The van der Waals surface area contributed by atoms with Gasteiger partial charge in [0.1, 0.15) is 17.6 Å². The van der Waals surface area contributed by atoms with Crippen LogP contribution in [-0.4, -0.2) is 64.6 Å². The number of carboxylic acid groups (broad SMARTS) is 1. The highest BCUT2D eigenvalue weighted by molar-refractivity contribution is 5.96. The van der Waals surface area contributed by atoms with Crippen LogP contribution in [0.5, 0.6) is 0 Å². The number of pyridine rings is 1. The molecular weight excluding hydrogens is 599 g/mol. The molecule has 3 heterocycles. The number of nitrogens with zero attached hydrogens (tertiary/aromatic N) is 2.